The van der Waals surface area contributed by atoms with Gasteiger partial charge in [0.15, 0.2) is 0 Å². The van der Waals surface area contributed by atoms with Gasteiger partial charge in [0.1, 0.15) is 0 Å². The van der Waals surface area contributed by atoms with Crippen molar-refractivity contribution in [1.29, 1.82) is 0 Å². The van der Waals surface area contributed by atoms with E-state index in [1.807, 2.05) is 38.1 Å². The van der Waals surface area contributed by atoms with Crippen LogP contribution in [0, 0.1) is 0 Å². The zero-order chi connectivity index (χ0) is 11.5. The van der Waals surface area contributed by atoms with Crippen LogP contribution in [0.25, 0.3) is 0 Å². The molecule has 0 heterocycles. The molecule has 0 radical (unpaired) electrons. The zero-order valence-electron chi connectivity index (χ0n) is 9.46. The van der Waals surface area contributed by atoms with Crippen molar-refractivity contribution in [3.05, 3.63) is 34.9 Å². The molecule has 1 atom stereocenters. The van der Waals surface area contributed by atoms with Gasteiger partial charge in [-0.2, -0.15) is 0 Å². The fourth-order valence-electron chi connectivity index (χ4n) is 1.47. The number of ether oxygens (including phenoxy) is 1. The molecular weight excluding hydrogens is 210 g/mol. The molecule has 2 N–H and O–H groups in total. The largest absolute Gasteiger partial charge is 0.379 e. The van der Waals surface area contributed by atoms with Gasteiger partial charge in [0, 0.05) is 18.2 Å². The van der Waals surface area contributed by atoms with Crippen LogP contribution in [0.4, 0.5) is 0 Å². The number of nitrogens with two attached hydrogens (primary N) is 1. The molecule has 1 unspecified atom stereocenters. The van der Waals surface area contributed by atoms with Crippen molar-refractivity contribution in [2.75, 3.05) is 7.11 Å². The first-order chi connectivity index (χ1) is 6.94. The highest BCUT2D eigenvalue weighted by molar-refractivity contribution is 6.30. The molecule has 1 rings (SSSR count). The predicted molar refractivity (Wildman–Crippen MR) is 64.1 cm³/mol. The van der Waals surface area contributed by atoms with Crippen LogP contribution in [0.1, 0.15) is 31.9 Å². The third kappa shape index (κ3) is 3.82. The van der Waals surface area contributed by atoms with E-state index in [0.29, 0.717) is 0 Å². The smallest absolute Gasteiger partial charge is 0.0640 e. The van der Waals surface area contributed by atoms with E-state index >= 15 is 0 Å². The molecule has 2 nitrogen and oxygen atoms in total. The second-order valence-corrected chi connectivity index (χ2v) is 4.77. The summed E-state index contributed by atoms with van der Waals surface area (Å²) in [5, 5.41) is 0.721. The van der Waals surface area contributed by atoms with Crippen molar-refractivity contribution < 1.29 is 4.74 Å². The topological polar surface area (TPSA) is 35.2 Å². The van der Waals surface area contributed by atoms with Gasteiger partial charge in [0.05, 0.1) is 5.60 Å². The molecule has 0 aromatic heterocycles. The van der Waals surface area contributed by atoms with E-state index < -0.39 is 0 Å². The lowest BCUT2D eigenvalue weighted by Crippen LogP contribution is -2.28. The number of methoxy groups -OCH3 is 1. The van der Waals surface area contributed by atoms with E-state index in [1.165, 1.54) is 0 Å². The number of rotatable bonds is 4. The Kier molecular flexibility index (Phi) is 4.14. The van der Waals surface area contributed by atoms with Crippen molar-refractivity contribution in [2.45, 2.75) is 31.9 Å². The van der Waals surface area contributed by atoms with E-state index in [-0.39, 0.29) is 11.6 Å². The summed E-state index contributed by atoms with van der Waals surface area (Å²) >= 11 is 5.91. The Hall–Kier alpha value is -0.570. The Morgan fingerprint density at radius 2 is 2.13 bits per heavy atom. The lowest BCUT2D eigenvalue weighted by atomic mass is 9.94. The summed E-state index contributed by atoms with van der Waals surface area (Å²) in [6, 6.07) is 7.61. The zero-order valence-corrected chi connectivity index (χ0v) is 10.2. The number of halogens is 1. The minimum atomic E-state index is -0.207. The SMILES string of the molecule is COC(C)(C)CC(N)c1cccc(Cl)c1. The maximum absolute atomic E-state index is 6.09. The van der Waals surface area contributed by atoms with Crippen LogP contribution >= 0.6 is 11.6 Å². The molecule has 0 aliphatic carbocycles. The fraction of sp³-hybridized carbons (Fsp3) is 0.500. The van der Waals surface area contributed by atoms with Crippen molar-refractivity contribution in [1.82, 2.24) is 0 Å². The van der Waals surface area contributed by atoms with E-state index in [4.69, 9.17) is 22.1 Å². The Labute approximate surface area is 96.4 Å². The van der Waals surface area contributed by atoms with E-state index in [2.05, 4.69) is 0 Å². The molecular formula is C12H18ClNO. The van der Waals surface area contributed by atoms with Crippen molar-refractivity contribution in [3.8, 4) is 0 Å². The Bertz CT molecular complexity index is 325. The van der Waals surface area contributed by atoms with Gasteiger partial charge in [0.25, 0.3) is 0 Å². The van der Waals surface area contributed by atoms with Gasteiger partial charge in [-0.15, -0.1) is 0 Å². The van der Waals surface area contributed by atoms with Crippen LogP contribution in [0.5, 0.6) is 0 Å². The summed E-state index contributed by atoms with van der Waals surface area (Å²) < 4.78 is 5.35. The minimum absolute atomic E-state index is 0.0429. The van der Waals surface area contributed by atoms with Gasteiger partial charge >= 0.3 is 0 Å². The number of hydrogen-bond acceptors (Lipinski definition) is 2. The van der Waals surface area contributed by atoms with Gasteiger partial charge in [-0.1, -0.05) is 23.7 Å². The maximum atomic E-state index is 6.09. The van der Waals surface area contributed by atoms with Crippen LogP contribution in [-0.2, 0) is 4.74 Å². The van der Waals surface area contributed by atoms with Crippen LogP contribution in [-0.4, -0.2) is 12.7 Å². The van der Waals surface area contributed by atoms with Crippen molar-refractivity contribution in [3.63, 3.8) is 0 Å². The van der Waals surface area contributed by atoms with Gasteiger partial charge in [-0.05, 0) is 38.0 Å². The Balaban J connectivity index is 2.73. The molecule has 0 aliphatic rings. The Morgan fingerprint density at radius 1 is 1.47 bits per heavy atom. The van der Waals surface area contributed by atoms with Crippen molar-refractivity contribution >= 4 is 11.6 Å². The molecule has 0 spiro atoms. The van der Waals surface area contributed by atoms with Crippen LogP contribution in [0.3, 0.4) is 0 Å². The molecule has 15 heavy (non-hydrogen) atoms. The molecule has 0 bridgehead atoms. The maximum Gasteiger partial charge on any atom is 0.0640 e. The van der Waals surface area contributed by atoms with E-state index in [1.54, 1.807) is 7.11 Å². The summed E-state index contributed by atoms with van der Waals surface area (Å²) in [6.07, 6.45) is 0.768. The first-order valence-electron chi connectivity index (χ1n) is 5.01. The van der Waals surface area contributed by atoms with Gasteiger partial charge < -0.3 is 10.5 Å². The predicted octanol–water partition coefficient (Wildman–Crippen LogP) is 3.15. The highest BCUT2D eigenvalue weighted by Crippen LogP contribution is 2.25. The quantitative estimate of drug-likeness (QED) is 0.858. The first-order valence-corrected chi connectivity index (χ1v) is 5.38. The van der Waals surface area contributed by atoms with E-state index in [0.717, 1.165) is 17.0 Å². The third-order valence-corrected chi connectivity index (χ3v) is 2.78. The molecule has 0 aliphatic heterocycles. The normalized spacial score (nSPS) is 13.9. The number of benzene rings is 1. The minimum Gasteiger partial charge on any atom is -0.379 e. The summed E-state index contributed by atoms with van der Waals surface area (Å²) in [6.45, 7) is 4.05. The molecule has 3 heteroatoms. The summed E-state index contributed by atoms with van der Waals surface area (Å²) in [4.78, 5) is 0. The first kappa shape index (κ1) is 12.5. The molecule has 84 valence electrons. The van der Waals surface area contributed by atoms with Crippen LogP contribution in [0.2, 0.25) is 5.02 Å². The summed E-state index contributed by atoms with van der Waals surface area (Å²) in [5.41, 5.74) is 6.93. The third-order valence-electron chi connectivity index (χ3n) is 2.54. The highest BCUT2D eigenvalue weighted by Gasteiger charge is 2.21. The van der Waals surface area contributed by atoms with Crippen molar-refractivity contribution in [2.24, 2.45) is 5.73 Å². The lowest BCUT2D eigenvalue weighted by Gasteiger charge is -2.26. The molecule has 1 aromatic carbocycles. The summed E-state index contributed by atoms with van der Waals surface area (Å²) in [5.74, 6) is 0. The Morgan fingerprint density at radius 3 is 2.67 bits per heavy atom. The molecule has 0 fully saturated rings. The fourth-order valence-corrected chi connectivity index (χ4v) is 1.67. The van der Waals surface area contributed by atoms with Gasteiger partial charge in [-0.25, -0.2) is 0 Å². The van der Waals surface area contributed by atoms with Gasteiger partial charge in [-0.3, -0.25) is 0 Å². The van der Waals surface area contributed by atoms with Crippen LogP contribution < -0.4 is 5.73 Å². The molecule has 0 saturated carbocycles. The monoisotopic (exact) mass is 227 g/mol. The molecule has 1 aromatic rings. The average molecular weight is 228 g/mol. The molecule has 0 saturated heterocycles. The average Bonchev–Trinajstić information content (AvgIpc) is 2.17. The second-order valence-electron chi connectivity index (χ2n) is 4.33. The molecule has 0 amide bonds. The number of hydrogen-bond donors (Lipinski definition) is 1. The highest BCUT2D eigenvalue weighted by atomic mass is 35.5. The van der Waals surface area contributed by atoms with E-state index in [9.17, 15) is 0 Å². The standard InChI is InChI=1S/C12H18ClNO/c1-12(2,15-3)8-11(14)9-5-4-6-10(13)7-9/h4-7,11H,8,14H2,1-3H3. The summed E-state index contributed by atoms with van der Waals surface area (Å²) in [7, 11) is 1.70. The lowest BCUT2D eigenvalue weighted by molar-refractivity contribution is 0.00995. The van der Waals surface area contributed by atoms with Gasteiger partial charge in [0.2, 0.25) is 0 Å². The van der Waals surface area contributed by atoms with Crippen LogP contribution in [0.15, 0.2) is 24.3 Å². The second kappa shape index (κ2) is 4.97.